The van der Waals surface area contributed by atoms with E-state index in [2.05, 4.69) is 17.2 Å². The lowest BCUT2D eigenvalue weighted by molar-refractivity contribution is -0.142. The molecule has 0 atom stereocenters. The maximum atomic E-state index is 11.2. The van der Waals surface area contributed by atoms with Crippen LogP contribution in [0.15, 0.2) is 5.38 Å². The standard InChI is InChI=1S/C14H22N2O2S/c1-9-4-6-10(7-5-9)15-13-16-11(8-19-13)14(2,3)12(17)18/h8-10H,4-7H2,1-3H3,(H,15,16)(H,17,18). The van der Waals surface area contributed by atoms with Gasteiger partial charge in [-0.15, -0.1) is 11.3 Å². The number of thiazole rings is 1. The topological polar surface area (TPSA) is 62.2 Å². The molecule has 0 aliphatic heterocycles. The van der Waals surface area contributed by atoms with Crippen LogP contribution in [0.3, 0.4) is 0 Å². The highest BCUT2D eigenvalue weighted by atomic mass is 32.1. The fraction of sp³-hybridized carbons (Fsp3) is 0.714. The van der Waals surface area contributed by atoms with Crippen molar-refractivity contribution in [2.45, 2.75) is 57.9 Å². The third kappa shape index (κ3) is 3.26. The summed E-state index contributed by atoms with van der Waals surface area (Å²) in [5, 5.41) is 15.3. The zero-order chi connectivity index (χ0) is 14.0. The molecule has 1 fully saturated rings. The van der Waals surface area contributed by atoms with Crippen LogP contribution in [0.25, 0.3) is 0 Å². The van der Waals surface area contributed by atoms with Crippen molar-refractivity contribution in [1.29, 1.82) is 0 Å². The zero-order valence-corrected chi connectivity index (χ0v) is 12.6. The molecular formula is C14H22N2O2S. The van der Waals surface area contributed by atoms with Gasteiger partial charge in [-0.25, -0.2) is 4.98 Å². The summed E-state index contributed by atoms with van der Waals surface area (Å²) in [7, 11) is 0. The molecule has 1 aromatic heterocycles. The van der Waals surface area contributed by atoms with Gasteiger partial charge in [-0.05, 0) is 45.4 Å². The van der Waals surface area contributed by atoms with Crippen molar-refractivity contribution in [1.82, 2.24) is 4.98 Å². The number of aliphatic carboxylic acids is 1. The molecule has 0 spiro atoms. The monoisotopic (exact) mass is 282 g/mol. The summed E-state index contributed by atoms with van der Waals surface area (Å²) in [5.74, 6) is -0.00769. The first-order valence-electron chi connectivity index (χ1n) is 6.85. The molecule has 0 unspecified atom stereocenters. The smallest absolute Gasteiger partial charge is 0.315 e. The molecule has 1 aromatic rings. The number of anilines is 1. The molecule has 2 N–H and O–H groups in total. The van der Waals surface area contributed by atoms with Crippen molar-refractivity contribution in [3.8, 4) is 0 Å². The fourth-order valence-corrected chi connectivity index (χ4v) is 3.27. The van der Waals surface area contributed by atoms with Crippen LogP contribution in [0.4, 0.5) is 5.13 Å². The molecule has 0 radical (unpaired) electrons. The van der Waals surface area contributed by atoms with E-state index in [9.17, 15) is 9.90 Å². The Morgan fingerprint density at radius 2 is 2.05 bits per heavy atom. The van der Waals surface area contributed by atoms with Gasteiger partial charge >= 0.3 is 5.97 Å². The van der Waals surface area contributed by atoms with Crippen LogP contribution in [0.2, 0.25) is 0 Å². The second-order valence-corrected chi connectivity index (χ2v) is 6.93. The van der Waals surface area contributed by atoms with E-state index in [1.807, 2.05) is 5.38 Å². The van der Waals surface area contributed by atoms with Crippen molar-refractivity contribution in [2.75, 3.05) is 5.32 Å². The Balaban J connectivity index is 2.00. The van der Waals surface area contributed by atoms with E-state index in [0.717, 1.165) is 11.0 Å². The lowest BCUT2D eigenvalue weighted by Gasteiger charge is -2.26. The van der Waals surface area contributed by atoms with Crippen LogP contribution in [-0.4, -0.2) is 22.1 Å². The molecule has 5 heteroatoms. The summed E-state index contributed by atoms with van der Waals surface area (Å²) >= 11 is 1.50. The maximum absolute atomic E-state index is 11.2. The highest BCUT2D eigenvalue weighted by Gasteiger charge is 2.32. The predicted molar refractivity (Wildman–Crippen MR) is 77.8 cm³/mol. The van der Waals surface area contributed by atoms with Crippen molar-refractivity contribution in [3.05, 3.63) is 11.1 Å². The second-order valence-electron chi connectivity index (χ2n) is 6.07. The van der Waals surface area contributed by atoms with E-state index in [-0.39, 0.29) is 0 Å². The van der Waals surface area contributed by atoms with E-state index < -0.39 is 11.4 Å². The Kier molecular flexibility index (Phi) is 4.13. The number of carboxylic acids is 1. The van der Waals surface area contributed by atoms with Crippen molar-refractivity contribution in [3.63, 3.8) is 0 Å². The number of nitrogens with one attached hydrogen (secondary N) is 1. The van der Waals surface area contributed by atoms with Crippen LogP contribution in [-0.2, 0) is 10.2 Å². The van der Waals surface area contributed by atoms with Gasteiger partial charge in [-0.3, -0.25) is 4.79 Å². The Hall–Kier alpha value is -1.10. The summed E-state index contributed by atoms with van der Waals surface area (Å²) in [6.45, 7) is 5.68. The summed E-state index contributed by atoms with van der Waals surface area (Å²) < 4.78 is 0. The molecule has 1 heterocycles. The molecule has 19 heavy (non-hydrogen) atoms. The maximum Gasteiger partial charge on any atom is 0.315 e. The second kappa shape index (κ2) is 5.49. The minimum Gasteiger partial charge on any atom is -0.481 e. The summed E-state index contributed by atoms with van der Waals surface area (Å²) in [4.78, 5) is 15.6. The predicted octanol–water partition coefficient (Wildman–Crippen LogP) is 3.50. The number of hydrogen-bond acceptors (Lipinski definition) is 4. The van der Waals surface area contributed by atoms with Gasteiger partial charge in [0.2, 0.25) is 0 Å². The molecule has 0 aromatic carbocycles. The third-order valence-electron chi connectivity index (χ3n) is 4.02. The molecule has 0 amide bonds. The number of rotatable bonds is 4. The molecular weight excluding hydrogens is 260 g/mol. The summed E-state index contributed by atoms with van der Waals surface area (Å²) in [5.41, 5.74) is -0.283. The van der Waals surface area contributed by atoms with E-state index in [0.29, 0.717) is 11.7 Å². The molecule has 1 aliphatic carbocycles. The number of carbonyl (C=O) groups is 1. The summed E-state index contributed by atoms with van der Waals surface area (Å²) in [6, 6.07) is 0.489. The molecule has 0 bridgehead atoms. The van der Waals surface area contributed by atoms with Gasteiger partial charge < -0.3 is 10.4 Å². The van der Waals surface area contributed by atoms with Gasteiger partial charge in [-0.2, -0.15) is 0 Å². The Bertz CT molecular complexity index is 448. The van der Waals surface area contributed by atoms with E-state index in [4.69, 9.17) is 0 Å². The minimum atomic E-state index is -0.919. The van der Waals surface area contributed by atoms with Gasteiger partial charge in [0.15, 0.2) is 5.13 Å². The number of hydrogen-bond donors (Lipinski definition) is 2. The largest absolute Gasteiger partial charge is 0.481 e. The number of carboxylic acid groups (broad SMARTS) is 1. The van der Waals surface area contributed by atoms with Crippen molar-refractivity contribution < 1.29 is 9.90 Å². The van der Waals surface area contributed by atoms with Gasteiger partial charge in [0.1, 0.15) is 5.41 Å². The molecule has 106 valence electrons. The van der Waals surface area contributed by atoms with Gasteiger partial charge in [0, 0.05) is 11.4 Å². The van der Waals surface area contributed by atoms with Gasteiger partial charge in [0.05, 0.1) is 5.69 Å². The van der Waals surface area contributed by atoms with Crippen LogP contribution < -0.4 is 5.32 Å². The zero-order valence-electron chi connectivity index (χ0n) is 11.8. The number of nitrogens with zero attached hydrogens (tertiary/aromatic N) is 1. The molecule has 2 rings (SSSR count). The molecule has 1 saturated carbocycles. The van der Waals surface area contributed by atoms with Gasteiger partial charge in [0.25, 0.3) is 0 Å². The highest BCUT2D eigenvalue weighted by Crippen LogP contribution is 2.30. The normalized spacial score (nSPS) is 24.2. The average Bonchev–Trinajstić information content (AvgIpc) is 2.81. The van der Waals surface area contributed by atoms with E-state index >= 15 is 0 Å². The van der Waals surface area contributed by atoms with Crippen LogP contribution in [0, 0.1) is 5.92 Å². The van der Waals surface area contributed by atoms with Crippen LogP contribution in [0.5, 0.6) is 0 Å². The van der Waals surface area contributed by atoms with Crippen LogP contribution >= 0.6 is 11.3 Å². The Morgan fingerprint density at radius 1 is 1.42 bits per heavy atom. The van der Waals surface area contributed by atoms with E-state index in [1.165, 1.54) is 37.0 Å². The first kappa shape index (κ1) is 14.3. The first-order chi connectivity index (χ1) is 8.89. The third-order valence-corrected chi connectivity index (χ3v) is 4.80. The SMILES string of the molecule is CC1CCC(Nc2nc(C(C)(C)C(=O)O)cs2)CC1. The van der Waals surface area contributed by atoms with Crippen LogP contribution in [0.1, 0.15) is 52.1 Å². The lowest BCUT2D eigenvalue weighted by atomic mass is 9.87. The highest BCUT2D eigenvalue weighted by molar-refractivity contribution is 7.13. The molecule has 4 nitrogen and oxygen atoms in total. The first-order valence-corrected chi connectivity index (χ1v) is 7.73. The van der Waals surface area contributed by atoms with E-state index in [1.54, 1.807) is 13.8 Å². The van der Waals surface area contributed by atoms with Crippen molar-refractivity contribution >= 4 is 22.4 Å². The minimum absolute atomic E-state index is 0.489. The lowest BCUT2D eigenvalue weighted by Crippen LogP contribution is -2.29. The number of aromatic nitrogens is 1. The Labute approximate surface area is 118 Å². The molecule has 0 saturated heterocycles. The average molecular weight is 282 g/mol. The molecule has 1 aliphatic rings. The summed E-state index contributed by atoms with van der Waals surface area (Å²) in [6.07, 6.45) is 4.88. The fourth-order valence-electron chi connectivity index (χ4n) is 2.32. The Morgan fingerprint density at radius 3 is 2.63 bits per heavy atom. The van der Waals surface area contributed by atoms with Crippen molar-refractivity contribution in [2.24, 2.45) is 5.92 Å². The van der Waals surface area contributed by atoms with Gasteiger partial charge in [-0.1, -0.05) is 6.92 Å². The quantitative estimate of drug-likeness (QED) is 0.887.